The zero-order valence-electron chi connectivity index (χ0n) is 11.8. The SMILES string of the molecule is Cn1ccc(C(=O)N[C@@H]2CC[C@@H](N3CCCC3)[C@@H]2O)n1. The largest absolute Gasteiger partial charge is 0.389 e. The summed E-state index contributed by atoms with van der Waals surface area (Å²) in [4.78, 5) is 14.4. The number of aliphatic hydroxyl groups excluding tert-OH is 1. The molecular weight excluding hydrogens is 256 g/mol. The number of aliphatic hydroxyl groups is 1. The van der Waals surface area contributed by atoms with Gasteiger partial charge in [-0.2, -0.15) is 5.10 Å². The maximum atomic E-state index is 12.1. The molecule has 6 heteroatoms. The molecule has 1 saturated carbocycles. The smallest absolute Gasteiger partial charge is 0.272 e. The van der Waals surface area contributed by atoms with E-state index in [1.807, 2.05) is 0 Å². The molecule has 110 valence electrons. The number of hydrogen-bond donors (Lipinski definition) is 2. The van der Waals surface area contributed by atoms with Crippen molar-refractivity contribution in [1.29, 1.82) is 0 Å². The van der Waals surface area contributed by atoms with Gasteiger partial charge in [0.2, 0.25) is 0 Å². The van der Waals surface area contributed by atoms with E-state index in [0.29, 0.717) is 5.69 Å². The first-order valence-electron chi connectivity index (χ1n) is 7.38. The van der Waals surface area contributed by atoms with Gasteiger partial charge in [0.1, 0.15) is 5.69 Å². The second-order valence-electron chi connectivity index (χ2n) is 5.83. The van der Waals surface area contributed by atoms with Gasteiger partial charge in [0.25, 0.3) is 5.91 Å². The number of aryl methyl sites for hydroxylation is 1. The summed E-state index contributed by atoms with van der Waals surface area (Å²) in [5, 5.41) is 17.4. The van der Waals surface area contributed by atoms with Crippen molar-refractivity contribution in [3.05, 3.63) is 18.0 Å². The van der Waals surface area contributed by atoms with Gasteiger partial charge in [-0.05, 0) is 44.8 Å². The number of nitrogens with zero attached hydrogens (tertiary/aromatic N) is 3. The van der Waals surface area contributed by atoms with E-state index in [2.05, 4.69) is 15.3 Å². The Bertz CT molecular complexity index is 481. The maximum Gasteiger partial charge on any atom is 0.272 e. The topological polar surface area (TPSA) is 70.4 Å². The Kier molecular flexibility index (Phi) is 3.76. The van der Waals surface area contributed by atoms with Crippen LogP contribution in [0.5, 0.6) is 0 Å². The average Bonchev–Trinajstić information content (AvgIpc) is 3.12. The summed E-state index contributed by atoms with van der Waals surface area (Å²) in [7, 11) is 1.78. The Balaban J connectivity index is 1.59. The number of rotatable bonds is 3. The molecule has 2 N–H and O–H groups in total. The predicted molar refractivity (Wildman–Crippen MR) is 74.3 cm³/mol. The predicted octanol–water partition coefficient (Wildman–Crippen LogP) is 0.138. The minimum absolute atomic E-state index is 0.157. The van der Waals surface area contributed by atoms with E-state index in [1.165, 1.54) is 12.8 Å². The van der Waals surface area contributed by atoms with Gasteiger partial charge in [-0.25, -0.2) is 0 Å². The number of nitrogens with one attached hydrogen (secondary N) is 1. The molecule has 2 aliphatic rings. The summed E-state index contributed by atoms with van der Waals surface area (Å²) in [6.45, 7) is 2.14. The lowest BCUT2D eigenvalue weighted by Gasteiger charge is -2.28. The van der Waals surface area contributed by atoms with Crippen LogP contribution in [-0.2, 0) is 7.05 Å². The van der Waals surface area contributed by atoms with Gasteiger partial charge >= 0.3 is 0 Å². The minimum Gasteiger partial charge on any atom is -0.389 e. The molecule has 0 bridgehead atoms. The molecule has 3 rings (SSSR count). The molecule has 1 amide bonds. The molecular formula is C14H22N4O2. The molecule has 2 heterocycles. The highest BCUT2D eigenvalue weighted by molar-refractivity contribution is 5.92. The number of carbonyl (C=O) groups excluding carboxylic acids is 1. The maximum absolute atomic E-state index is 12.1. The fourth-order valence-electron chi connectivity index (χ4n) is 3.37. The lowest BCUT2D eigenvalue weighted by Crippen LogP contribution is -2.47. The van der Waals surface area contributed by atoms with Crippen LogP contribution < -0.4 is 5.32 Å². The third-order valence-electron chi connectivity index (χ3n) is 4.45. The summed E-state index contributed by atoms with van der Waals surface area (Å²) in [5.74, 6) is -0.197. The molecule has 0 spiro atoms. The van der Waals surface area contributed by atoms with Gasteiger partial charge in [0, 0.05) is 19.3 Å². The Hall–Kier alpha value is -1.40. The summed E-state index contributed by atoms with van der Waals surface area (Å²) in [6.07, 6.45) is 5.49. The number of likely N-dealkylation sites (tertiary alicyclic amines) is 1. The van der Waals surface area contributed by atoms with Gasteiger partial charge in [-0.3, -0.25) is 14.4 Å². The van der Waals surface area contributed by atoms with Crippen molar-refractivity contribution in [3.63, 3.8) is 0 Å². The fourth-order valence-corrected chi connectivity index (χ4v) is 3.37. The highest BCUT2D eigenvalue weighted by Gasteiger charge is 2.39. The Morgan fingerprint density at radius 2 is 2.15 bits per heavy atom. The average molecular weight is 278 g/mol. The summed E-state index contributed by atoms with van der Waals surface area (Å²) >= 11 is 0. The zero-order chi connectivity index (χ0) is 14.1. The van der Waals surface area contributed by atoms with Gasteiger partial charge in [0.15, 0.2) is 0 Å². The molecule has 2 fully saturated rings. The van der Waals surface area contributed by atoms with E-state index in [9.17, 15) is 9.90 Å². The van der Waals surface area contributed by atoms with Crippen molar-refractivity contribution in [2.75, 3.05) is 13.1 Å². The minimum atomic E-state index is -0.472. The second-order valence-corrected chi connectivity index (χ2v) is 5.83. The molecule has 3 atom stereocenters. The van der Waals surface area contributed by atoms with Crippen LogP contribution >= 0.6 is 0 Å². The van der Waals surface area contributed by atoms with Crippen molar-refractivity contribution in [3.8, 4) is 0 Å². The van der Waals surface area contributed by atoms with E-state index in [1.54, 1.807) is 24.0 Å². The lowest BCUT2D eigenvalue weighted by molar-refractivity contribution is 0.0617. The highest BCUT2D eigenvalue weighted by Crippen LogP contribution is 2.27. The van der Waals surface area contributed by atoms with Crippen molar-refractivity contribution >= 4 is 5.91 Å². The van der Waals surface area contributed by atoms with E-state index in [4.69, 9.17) is 0 Å². The molecule has 1 saturated heterocycles. The van der Waals surface area contributed by atoms with Gasteiger partial charge < -0.3 is 10.4 Å². The van der Waals surface area contributed by atoms with Gasteiger partial charge in [-0.1, -0.05) is 0 Å². The third kappa shape index (κ3) is 2.58. The molecule has 0 aromatic carbocycles. The van der Waals surface area contributed by atoms with Crippen molar-refractivity contribution in [1.82, 2.24) is 20.0 Å². The van der Waals surface area contributed by atoms with Crippen LogP contribution in [0.15, 0.2) is 12.3 Å². The van der Waals surface area contributed by atoms with Crippen LogP contribution in [0.2, 0.25) is 0 Å². The lowest BCUT2D eigenvalue weighted by atomic mass is 10.1. The first-order chi connectivity index (χ1) is 9.65. The number of amides is 1. The molecule has 1 aromatic rings. The van der Waals surface area contributed by atoms with Crippen LogP contribution in [0.3, 0.4) is 0 Å². The monoisotopic (exact) mass is 278 g/mol. The molecule has 6 nitrogen and oxygen atoms in total. The molecule has 1 aromatic heterocycles. The molecule has 0 unspecified atom stereocenters. The standard InChI is InChI=1S/C14H22N4O2/c1-17-9-6-11(16-17)14(20)15-10-4-5-12(13(10)19)18-7-2-3-8-18/h6,9-10,12-13,19H,2-5,7-8H2,1H3,(H,15,20)/t10-,12-,13-/m1/s1. The van der Waals surface area contributed by atoms with Crippen molar-refractivity contribution in [2.45, 2.75) is 43.9 Å². The normalized spacial score (nSPS) is 30.8. The van der Waals surface area contributed by atoms with E-state index in [0.717, 1.165) is 25.9 Å². The fraction of sp³-hybridized carbons (Fsp3) is 0.714. The van der Waals surface area contributed by atoms with Gasteiger partial charge in [-0.15, -0.1) is 0 Å². The Morgan fingerprint density at radius 3 is 2.80 bits per heavy atom. The molecule has 20 heavy (non-hydrogen) atoms. The van der Waals surface area contributed by atoms with Crippen molar-refractivity contribution in [2.24, 2.45) is 7.05 Å². The van der Waals surface area contributed by atoms with Crippen molar-refractivity contribution < 1.29 is 9.90 Å². The Morgan fingerprint density at radius 1 is 1.40 bits per heavy atom. The number of hydrogen-bond acceptors (Lipinski definition) is 4. The highest BCUT2D eigenvalue weighted by atomic mass is 16.3. The third-order valence-corrected chi connectivity index (χ3v) is 4.45. The van der Waals surface area contributed by atoms with Crippen LogP contribution in [0.4, 0.5) is 0 Å². The summed E-state index contributed by atoms with van der Waals surface area (Å²) < 4.78 is 1.60. The molecule has 1 aliphatic heterocycles. The first kappa shape index (κ1) is 13.6. The van der Waals surface area contributed by atoms with Crippen LogP contribution in [-0.4, -0.2) is 57.0 Å². The van der Waals surface area contributed by atoms with Crippen LogP contribution in [0, 0.1) is 0 Å². The Labute approximate surface area is 118 Å². The second kappa shape index (κ2) is 5.54. The number of aromatic nitrogens is 2. The van der Waals surface area contributed by atoms with E-state index in [-0.39, 0.29) is 18.0 Å². The van der Waals surface area contributed by atoms with E-state index >= 15 is 0 Å². The quantitative estimate of drug-likeness (QED) is 0.825. The number of carbonyl (C=O) groups is 1. The summed E-state index contributed by atoms with van der Waals surface area (Å²) in [6, 6.07) is 1.73. The van der Waals surface area contributed by atoms with Crippen LogP contribution in [0.25, 0.3) is 0 Å². The summed E-state index contributed by atoms with van der Waals surface area (Å²) in [5.41, 5.74) is 0.407. The van der Waals surface area contributed by atoms with Crippen LogP contribution in [0.1, 0.15) is 36.2 Å². The molecule has 1 aliphatic carbocycles. The first-order valence-corrected chi connectivity index (χ1v) is 7.38. The zero-order valence-corrected chi connectivity index (χ0v) is 11.8. The molecule has 0 radical (unpaired) electrons. The van der Waals surface area contributed by atoms with E-state index < -0.39 is 6.10 Å². The van der Waals surface area contributed by atoms with Gasteiger partial charge in [0.05, 0.1) is 12.1 Å².